The van der Waals surface area contributed by atoms with Crippen LogP contribution in [-0.2, 0) is 10.0 Å². The van der Waals surface area contributed by atoms with E-state index in [0.717, 1.165) is 0 Å². The van der Waals surface area contributed by atoms with Gasteiger partial charge in [-0.05, 0) is 35.0 Å². The number of amides is 2. The highest BCUT2D eigenvalue weighted by Gasteiger charge is 2.23. The first-order valence-corrected chi connectivity index (χ1v) is 7.90. The number of carbonyl (C=O) groups excluding carboxylic acids is 1. The molecule has 0 aromatic heterocycles. The standard InChI is InChI=1S/C9H11Br2N3O3S/c1-2-13-9(15)14-18(16,17)8-6(11)3-5(10)4-7(8)12/h3-4H,2,12H2,1H3,(H2,13,14,15). The summed E-state index contributed by atoms with van der Waals surface area (Å²) in [5.74, 6) is 0. The quantitative estimate of drug-likeness (QED) is 0.673. The van der Waals surface area contributed by atoms with Crippen LogP contribution in [0.3, 0.4) is 0 Å². The molecular formula is C9H11Br2N3O3S. The van der Waals surface area contributed by atoms with Gasteiger partial charge in [0.15, 0.2) is 0 Å². The molecule has 1 rings (SSSR count). The smallest absolute Gasteiger partial charge is 0.328 e. The Bertz CT molecular complexity index is 551. The molecule has 0 unspecified atom stereocenters. The van der Waals surface area contributed by atoms with Crippen molar-refractivity contribution in [2.24, 2.45) is 0 Å². The lowest BCUT2D eigenvalue weighted by Gasteiger charge is -2.11. The molecule has 6 nitrogen and oxygen atoms in total. The number of halogens is 2. The van der Waals surface area contributed by atoms with Crippen molar-refractivity contribution >= 4 is 53.6 Å². The molecule has 18 heavy (non-hydrogen) atoms. The van der Waals surface area contributed by atoms with Crippen molar-refractivity contribution in [3.8, 4) is 0 Å². The molecule has 0 radical (unpaired) electrons. The van der Waals surface area contributed by atoms with Gasteiger partial charge in [0.05, 0.1) is 5.69 Å². The van der Waals surface area contributed by atoms with E-state index >= 15 is 0 Å². The monoisotopic (exact) mass is 399 g/mol. The van der Waals surface area contributed by atoms with Gasteiger partial charge in [0.1, 0.15) is 4.90 Å². The Morgan fingerprint density at radius 3 is 2.50 bits per heavy atom. The Labute approximate surface area is 122 Å². The second-order valence-corrected chi connectivity index (χ2v) is 6.66. The number of anilines is 1. The van der Waals surface area contributed by atoms with Crippen molar-refractivity contribution < 1.29 is 13.2 Å². The molecule has 0 spiro atoms. The van der Waals surface area contributed by atoms with Crippen LogP contribution in [0.2, 0.25) is 0 Å². The summed E-state index contributed by atoms with van der Waals surface area (Å²) in [7, 11) is -4.01. The molecule has 4 N–H and O–H groups in total. The molecule has 0 atom stereocenters. The zero-order chi connectivity index (χ0) is 13.9. The number of hydrogen-bond acceptors (Lipinski definition) is 4. The van der Waals surface area contributed by atoms with Gasteiger partial charge >= 0.3 is 6.03 Å². The molecule has 0 saturated carbocycles. The summed E-state index contributed by atoms with van der Waals surface area (Å²) in [6.45, 7) is 1.99. The topological polar surface area (TPSA) is 101 Å². The third-order valence-electron chi connectivity index (χ3n) is 1.87. The highest BCUT2D eigenvalue weighted by Crippen LogP contribution is 2.31. The van der Waals surface area contributed by atoms with Crippen molar-refractivity contribution in [1.29, 1.82) is 0 Å². The zero-order valence-electron chi connectivity index (χ0n) is 9.33. The van der Waals surface area contributed by atoms with Crippen LogP contribution in [0, 0.1) is 0 Å². The predicted molar refractivity (Wildman–Crippen MR) is 75.6 cm³/mol. The first kappa shape index (κ1) is 15.3. The summed E-state index contributed by atoms with van der Waals surface area (Å²) >= 11 is 6.29. The van der Waals surface area contributed by atoms with Gasteiger partial charge in [-0.25, -0.2) is 17.9 Å². The number of rotatable bonds is 3. The number of hydrogen-bond donors (Lipinski definition) is 3. The van der Waals surface area contributed by atoms with Gasteiger partial charge in [0.2, 0.25) is 0 Å². The third-order valence-corrected chi connectivity index (χ3v) is 4.66. The first-order chi connectivity index (χ1) is 8.27. The summed E-state index contributed by atoms with van der Waals surface area (Å²) < 4.78 is 26.7. The average Bonchev–Trinajstić information content (AvgIpc) is 2.13. The van der Waals surface area contributed by atoms with E-state index in [0.29, 0.717) is 11.0 Å². The summed E-state index contributed by atoms with van der Waals surface area (Å²) in [6, 6.07) is 2.17. The second-order valence-electron chi connectivity index (χ2n) is 3.27. The number of nitrogens with one attached hydrogen (secondary N) is 2. The van der Waals surface area contributed by atoms with E-state index in [4.69, 9.17) is 5.73 Å². The molecule has 9 heteroatoms. The number of carbonyl (C=O) groups is 1. The fourth-order valence-electron chi connectivity index (χ4n) is 1.23. The Morgan fingerprint density at radius 2 is 2.00 bits per heavy atom. The van der Waals surface area contributed by atoms with Crippen molar-refractivity contribution in [3.05, 3.63) is 21.1 Å². The maximum atomic E-state index is 12.0. The summed E-state index contributed by atoms with van der Waals surface area (Å²) in [6.07, 6.45) is 0. The van der Waals surface area contributed by atoms with Crippen molar-refractivity contribution in [3.63, 3.8) is 0 Å². The molecule has 100 valence electrons. The van der Waals surface area contributed by atoms with Crippen LogP contribution in [-0.4, -0.2) is 21.0 Å². The number of benzene rings is 1. The molecule has 0 heterocycles. The first-order valence-electron chi connectivity index (χ1n) is 4.83. The molecular weight excluding hydrogens is 390 g/mol. The van der Waals surface area contributed by atoms with Gasteiger partial charge in [0.25, 0.3) is 10.0 Å². The number of sulfonamides is 1. The molecule has 0 bridgehead atoms. The average molecular weight is 401 g/mol. The molecule has 2 amide bonds. The van der Waals surface area contributed by atoms with E-state index in [1.165, 1.54) is 12.1 Å². The summed E-state index contributed by atoms with van der Waals surface area (Å²) in [5, 5.41) is 2.33. The number of nitrogen functional groups attached to an aromatic ring is 1. The van der Waals surface area contributed by atoms with Crippen molar-refractivity contribution in [1.82, 2.24) is 10.0 Å². The van der Waals surface area contributed by atoms with Gasteiger partial charge in [-0.15, -0.1) is 0 Å². The van der Waals surface area contributed by atoms with Crippen LogP contribution < -0.4 is 15.8 Å². The van der Waals surface area contributed by atoms with E-state index in [2.05, 4.69) is 37.2 Å². The molecule has 1 aromatic rings. The van der Waals surface area contributed by atoms with Crippen LogP contribution in [0.5, 0.6) is 0 Å². The Kier molecular flexibility index (Phi) is 5.00. The maximum absolute atomic E-state index is 12.0. The summed E-state index contributed by atoms with van der Waals surface area (Å²) in [5.41, 5.74) is 5.68. The van der Waals surface area contributed by atoms with E-state index in [1.54, 1.807) is 6.92 Å². The van der Waals surface area contributed by atoms with Gasteiger partial charge in [-0.1, -0.05) is 15.9 Å². The van der Waals surface area contributed by atoms with E-state index in [-0.39, 0.29) is 15.1 Å². The van der Waals surface area contributed by atoms with Crippen molar-refractivity contribution in [2.45, 2.75) is 11.8 Å². The van der Waals surface area contributed by atoms with E-state index in [9.17, 15) is 13.2 Å². The normalized spacial score (nSPS) is 11.1. The van der Waals surface area contributed by atoms with Crippen LogP contribution in [0.1, 0.15) is 6.92 Å². The lowest BCUT2D eigenvalue weighted by molar-refractivity contribution is 0.246. The molecule has 0 aliphatic carbocycles. The van der Waals surface area contributed by atoms with Gasteiger partial charge < -0.3 is 11.1 Å². The SMILES string of the molecule is CCNC(=O)NS(=O)(=O)c1c(N)cc(Br)cc1Br. The zero-order valence-corrected chi connectivity index (χ0v) is 13.3. The Balaban J connectivity index is 3.17. The Morgan fingerprint density at radius 1 is 1.39 bits per heavy atom. The molecule has 1 aromatic carbocycles. The fourth-order valence-corrected chi connectivity index (χ4v) is 4.23. The summed E-state index contributed by atoms with van der Waals surface area (Å²) in [4.78, 5) is 11.1. The predicted octanol–water partition coefficient (Wildman–Crippen LogP) is 1.80. The highest BCUT2D eigenvalue weighted by molar-refractivity contribution is 9.11. The second kappa shape index (κ2) is 5.89. The molecule has 0 aliphatic heterocycles. The minimum Gasteiger partial charge on any atom is -0.398 e. The minimum atomic E-state index is -4.01. The van der Waals surface area contributed by atoms with E-state index < -0.39 is 16.1 Å². The molecule has 0 aliphatic rings. The van der Waals surface area contributed by atoms with Crippen LogP contribution in [0.4, 0.5) is 10.5 Å². The van der Waals surface area contributed by atoms with Crippen LogP contribution in [0.15, 0.2) is 26.0 Å². The molecule has 0 fully saturated rings. The van der Waals surface area contributed by atoms with Crippen LogP contribution >= 0.6 is 31.9 Å². The largest absolute Gasteiger partial charge is 0.398 e. The number of urea groups is 1. The lowest BCUT2D eigenvalue weighted by Crippen LogP contribution is -2.39. The van der Waals surface area contributed by atoms with Crippen LogP contribution in [0.25, 0.3) is 0 Å². The number of nitrogens with two attached hydrogens (primary N) is 1. The van der Waals surface area contributed by atoms with E-state index in [1.807, 2.05) is 4.72 Å². The lowest BCUT2D eigenvalue weighted by atomic mass is 10.3. The van der Waals surface area contributed by atoms with Gasteiger partial charge in [-0.3, -0.25) is 0 Å². The van der Waals surface area contributed by atoms with Crippen molar-refractivity contribution in [2.75, 3.05) is 12.3 Å². The highest BCUT2D eigenvalue weighted by atomic mass is 79.9. The third kappa shape index (κ3) is 3.59. The maximum Gasteiger partial charge on any atom is 0.328 e. The molecule has 0 saturated heterocycles. The fraction of sp³-hybridized carbons (Fsp3) is 0.222. The van der Waals surface area contributed by atoms with Gasteiger partial charge in [-0.2, -0.15) is 0 Å². The Hall–Kier alpha value is -0.800. The minimum absolute atomic E-state index is 0.0352. The van der Waals surface area contributed by atoms with Gasteiger partial charge in [0, 0.05) is 15.5 Å².